The SMILES string of the molecule is CCN(C(=O)C(=O)Nc1cccc(C(F)(F)F)c1)C1CCS(=O)(=O)C1. The summed E-state index contributed by atoms with van der Waals surface area (Å²) in [5.41, 5.74) is -1.12. The van der Waals surface area contributed by atoms with Crippen molar-refractivity contribution in [2.45, 2.75) is 25.6 Å². The summed E-state index contributed by atoms with van der Waals surface area (Å²) in [6.45, 7) is 1.72. The monoisotopic (exact) mass is 378 g/mol. The van der Waals surface area contributed by atoms with Gasteiger partial charge < -0.3 is 10.2 Å². The van der Waals surface area contributed by atoms with Gasteiger partial charge in [0.05, 0.1) is 17.1 Å². The molecule has 25 heavy (non-hydrogen) atoms. The summed E-state index contributed by atoms with van der Waals surface area (Å²) >= 11 is 0. The molecule has 0 aliphatic carbocycles. The van der Waals surface area contributed by atoms with Gasteiger partial charge in [-0.2, -0.15) is 13.2 Å². The Balaban J connectivity index is 2.10. The molecule has 138 valence electrons. The molecule has 0 bridgehead atoms. The molecule has 1 N–H and O–H groups in total. The first-order chi connectivity index (χ1) is 11.5. The van der Waals surface area contributed by atoms with Crippen LogP contribution < -0.4 is 5.32 Å². The van der Waals surface area contributed by atoms with Gasteiger partial charge >= 0.3 is 18.0 Å². The molecule has 6 nitrogen and oxygen atoms in total. The molecular formula is C15H17F3N2O4S. The van der Waals surface area contributed by atoms with E-state index in [1.165, 1.54) is 6.07 Å². The minimum atomic E-state index is -4.57. The van der Waals surface area contributed by atoms with Gasteiger partial charge in [-0.1, -0.05) is 6.07 Å². The van der Waals surface area contributed by atoms with E-state index in [-0.39, 0.29) is 30.2 Å². The second-order valence-corrected chi connectivity index (χ2v) is 7.91. The van der Waals surface area contributed by atoms with E-state index in [4.69, 9.17) is 0 Å². The van der Waals surface area contributed by atoms with E-state index in [1.54, 1.807) is 6.92 Å². The highest BCUT2D eigenvalue weighted by Crippen LogP contribution is 2.30. The van der Waals surface area contributed by atoms with Crippen molar-refractivity contribution in [1.29, 1.82) is 0 Å². The van der Waals surface area contributed by atoms with Crippen LogP contribution in [0.3, 0.4) is 0 Å². The maximum Gasteiger partial charge on any atom is 0.416 e. The summed E-state index contributed by atoms with van der Waals surface area (Å²) < 4.78 is 61.1. The van der Waals surface area contributed by atoms with Crippen LogP contribution in [-0.2, 0) is 25.6 Å². The number of sulfone groups is 1. The zero-order valence-corrected chi connectivity index (χ0v) is 14.2. The highest BCUT2D eigenvalue weighted by Gasteiger charge is 2.36. The van der Waals surface area contributed by atoms with Gasteiger partial charge in [-0.05, 0) is 31.5 Å². The highest BCUT2D eigenvalue weighted by molar-refractivity contribution is 7.91. The van der Waals surface area contributed by atoms with E-state index in [2.05, 4.69) is 5.32 Å². The van der Waals surface area contributed by atoms with Crippen LogP contribution in [0, 0.1) is 0 Å². The third-order valence-corrected chi connectivity index (χ3v) is 5.64. The van der Waals surface area contributed by atoms with Gasteiger partial charge in [-0.15, -0.1) is 0 Å². The van der Waals surface area contributed by atoms with Crippen LogP contribution in [0.4, 0.5) is 18.9 Å². The van der Waals surface area contributed by atoms with Gasteiger partial charge in [-0.3, -0.25) is 9.59 Å². The summed E-state index contributed by atoms with van der Waals surface area (Å²) in [6.07, 6.45) is -4.34. The van der Waals surface area contributed by atoms with Crippen LogP contribution in [0.25, 0.3) is 0 Å². The van der Waals surface area contributed by atoms with E-state index in [9.17, 15) is 31.2 Å². The van der Waals surface area contributed by atoms with E-state index in [1.807, 2.05) is 0 Å². The fourth-order valence-electron chi connectivity index (χ4n) is 2.68. The van der Waals surface area contributed by atoms with Gasteiger partial charge in [0.15, 0.2) is 9.84 Å². The van der Waals surface area contributed by atoms with Crippen molar-refractivity contribution in [1.82, 2.24) is 4.90 Å². The van der Waals surface area contributed by atoms with Gasteiger partial charge in [0, 0.05) is 18.3 Å². The Morgan fingerprint density at radius 2 is 2.00 bits per heavy atom. The first kappa shape index (κ1) is 19.2. The molecule has 10 heteroatoms. The smallest absolute Gasteiger partial charge is 0.331 e. The Morgan fingerprint density at radius 1 is 1.32 bits per heavy atom. The number of hydrogen-bond donors (Lipinski definition) is 1. The van der Waals surface area contributed by atoms with Crippen molar-refractivity contribution in [3.05, 3.63) is 29.8 Å². The van der Waals surface area contributed by atoms with Gasteiger partial charge in [0.1, 0.15) is 0 Å². The number of halogens is 3. The average Bonchev–Trinajstić information content (AvgIpc) is 2.87. The highest BCUT2D eigenvalue weighted by atomic mass is 32.2. The van der Waals surface area contributed by atoms with Crippen molar-refractivity contribution in [3.8, 4) is 0 Å². The van der Waals surface area contributed by atoms with Gasteiger partial charge in [-0.25, -0.2) is 8.42 Å². The Labute approximate surface area is 142 Å². The molecule has 1 unspecified atom stereocenters. The molecule has 0 saturated carbocycles. The maximum absolute atomic E-state index is 12.7. The Morgan fingerprint density at radius 3 is 2.52 bits per heavy atom. The van der Waals surface area contributed by atoms with Crippen molar-refractivity contribution in [3.63, 3.8) is 0 Å². The topological polar surface area (TPSA) is 83.6 Å². The molecule has 1 aromatic rings. The van der Waals surface area contributed by atoms with Crippen LogP contribution in [0.2, 0.25) is 0 Å². The van der Waals surface area contributed by atoms with Crippen molar-refractivity contribution in [2.75, 3.05) is 23.4 Å². The Kier molecular flexibility index (Phi) is 5.40. The zero-order chi connectivity index (χ0) is 18.8. The fourth-order valence-corrected chi connectivity index (χ4v) is 4.41. The van der Waals surface area contributed by atoms with Crippen molar-refractivity contribution in [2.24, 2.45) is 0 Å². The lowest BCUT2D eigenvalue weighted by molar-refractivity contribution is -0.144. The molecule has 1 aliphatic heterocycles. The lowest BCUT2D eigenvalue weighted by atomic mass is 10.2. The molecular weight excluding hydrogens is 361 g/mol. The van der Waals surface area contributed by atoms with Gasteiger partial charge in [0.25, 0.3) is 0 Å². The summed E-state index contributed by atoms with van der Waals surface area (Å²) in [5, 5.41) is 2.13. The first-order valence-electron chi connectivity index (χ1n) is 7.53. The number of amides is 2. The average molecular weight is 378 g/mol. The molecule has 0 aromatic heterocycles. The fraction of sp³-hybridized carbons (Fsp3) is 0.467. The number of alkyl halides is 3. The molecule has 1 aliphatic rings. The molecule has 2 amide bonds. The normalized spacial score (nSPS) is 19.4. The molecule has 1 fully saturated rings. The number of anilines is 1. The molecule has 1 atom stereocenters. The second-order valence-electron chi connectivity index (χ2n) is 5.68. The summed E-state index contributed by atoms with van der Waals surface area (Å²) in [5.74, 6) is -2.35. The zero-order valence-electron chi connectivity index (χ0n) is 13.3. The number of hydrogen-bond acceptors (Lipinski definition) is 4. The quantitative estimate of drug-likeness (QED) is 0.812. The minimum Gasteiger partial charge on any atom is -0.331 e. The number of nitrogens with zero attached hydrogens (tertiary/aromatic N) is 1. The lowest BCUT2D eigenvalue weighted by Gasteiger charge is -2.26. The standard InChI is InChI=1S/C15H17F3N2O4S/c1-2-20(12-6-7-25(23,24)9-12)14(22)13(21)19-11-5-3-4-10(8-11)15(16,17)18/h3-5,8,12H,2,6-7,9H2,1H3,(H,19,21). The molecule has 1 heterocycles. The van der Waals surface area contributed by atoms with Crippen LogP contribution >= 0.6 is 0 Å². The molecule has 0 spiro atoms. The number of carbonyl (C=O) groups is 2. The van der Waals surface area contributed by atoms with E-state index >= 15 is 0 Å². The molecule has 0 radical (unpaired) electrons. The second kappa shape index (κ2) is 7.03. The largest absolute Gasteiger partial charge is 0.416 e. The summed E-state index contributed by atoms with van der Waals surface area (Å²) in [4.78, 5) is 25.4. The number of carbonyl (C=O) groups excluding carboxylic acids is 2. The van der Waals surface area contributed by atoms with E-state index in [0.717, 1.165) is 23.1 Å². The minimum absolute atomic E-state index is 0.0588. The summed E-state index contributed by atoms with van der Waals surface area (Å²) in [7, 11) is -3.24. The lowest BCUT2D eigenvalue weighted by Crippen LogP contribution is -2.46. The van der Waals surface area contributed by atoms with E-state index in [0.29, 0.717) is 0 Å². The number of nitrogens with one attached hydrogen (secondary N) is 1. The third kappa shape index (κ3) is 4.71. The Hall–Kier alpha value is -2.10. The number of rotatable bonds is 3. The first-order valence-corrected chi connectivity index (χ1v) is 9.35. The number of likely N-dealkylation sites (N-methyl/N-ethyl adjacent to an activating group) is 1. The van der Waals surface area contributed by atoms with Crippen LogP contribution in [0.15, 0.2) is 24.3 Å². The van der Waals surface area contributed by atoms with Crippen molar-refractivity contribution >= 4 is 27.3 Å². The van der Waals surface area contributed by atoms with Crippen LogP contribution in [0.5, 0.6) is 0 Å². The van der Waals surface area contributed by atoms with Crippen LogP contribution in [0.1, 0.15) is 18.9 Å². The molecule has 1 saturated heterocycles. The Bertz CT molecular complexity index is 777. The van der Waals surface area contributed by atoms with Gasteiger partial charge in [0.2, 0.25) is 0 Å². The van der Waals surface area contributed by atoms with Crippen LogP contribution in [-0.4, -0.2) is 49.2 Å². The summed E-state index contributed by atoms with van der Waals surface area (Å²) in [6, 6.07) is 3.32. The van der Waals surface area contributed by atoms with E-state index < -0.39 is 39.4 Å². The number of benzene rings is 1. The predicted octanol–water partition coefficient (Wildman–Crippen LogP) is 1.68. The molecule has 1 aromatic carbocycles. The molecule has 2 rings (SSSR count). The predicted molar refractivity (Wildman–Crippen MR) is 84.5 cm³/mol. The third-order valence-electron chi connectivity index (χ3n) is 3.89. The maximum atomic E-state index is 12.7. The van der Waals surface area contributed by atoms with Crippen molar-refractivity contribution < 1.29 is 31.2 Å².